The number of rotatable bonds is 8. The Hall–Kier alpha value is -3.32. The molecule has 2 fully saturated rings. The van der Waals surface area contributed by atoms with Gasteiger partial charge in [-0.3, -0.25) is 19.4 Å². The van der Waals surface area contributed by atoms with Crippen LogP contribution in [0.5, 0.6) is 0 Å². The highest BCUT2D eigenvalue weighted by Gasteiger charge is 2.37. The van der Waals surface area contributed by atoms with Crippen molar-refractivity contribution in [3.8, 4) is 0 Å². The van der Waals surface area contributed by atoms with Crippen molar-refractivity contribution in [2.24, 2.45) is 0 Å². The third kappa shape index (κ3) is 7.13. The zero-order valence-corrected chi connectivity index (χ0v) is 24.8. The number of likely N-dealkylation sites (tertiary alicyclic amines) is 2. The molecule has 10 nitrogen and oxygen atoms in total. The molecule has 13 heteroatoms. The molecule has 3 amide bonds. The molecule has 1 aromatic carbocycles. The van der Waals surface area contributed by atoms with Gasteiger partial charge in [-0.25, -0.2) is 8.42 Å². The molecule has 216 valence electrons. The van der Waals surface area contributed by atoms with Crippen LogP contribution in [0.2, 0.25) is 4.34 Å². The molecule has 4 heterocycles. The van der Waals surface area contributed by atoms with E-state index in [1.807, 2.05) is 31.2 Å². The number of carbonyl (C=O) groups excluding carboxylic acids is 3. The van der Waals surface area contributed by atoms with E-state index in [0.29, 0.717) is 53.7 Å². The summed E-state index contributed by atoms with van der Waals surface area (Å²) in [4.78, 5) is 47.6. The Balaban J connectivity index is 1.19. The highest BCUT2D eigenvalue weighted by molar-refractivity contribution is 7.92. The summed E-state index contributed by atoms with van der Waals surface area (Å²) in [7, 11) is -3.90. The number of carbonyl (C=O) groups is 3. The molecule has 0 spiro atoms. The molecule has 2 saturated heterocycles. The minimum absolute atomic E-state index is 0.217. The van der Waals surface area contributed by atoms with E-state index in [9.17, 15) is 22.8 Å². The molecule has 2 atom stereocenters. The number of thiophene rings is 1. The molecule has 2 aliphatic rings. The summed E-state index contributed by atoms with van der Waals surface area (Å²) in [5.74, 6) is -1.09. The predicted octanol–water partition coefficient (Wildman–Crippen LogP) is 3.77. The number of halogens is 1. The van der Waals surface area contributed by atoms with Crippen molar-refractivity contribution >= 4 is 73.3 Å². The Kier molecular flexibility index (Phi) is 8.74. The van der Waals surface area contributed by atoms with Crippen molar-refractivity contribution in [3.63, 3.8) is 0 Å². The number of amides is 3. The van der Waals surface area contributed by atoms with Crippen molar-refractivity contribution in [3.05, 3.63) is 62.8 Å². The lowest BCUT2D eigenvalue weighted by molar-refractivity contribution is -0.144. The highest BCUT2D eigenvalue weighted by Crippen LogP contribution is 2.24. The second-order valence-corrected chi connectivity index (χ2v) is 13.5. The standard InChI is InChI=1S/C28H30ClN5O5S2/c1-18-6-7-19-16-20(8-10-22(19)30-18)31-27(36)24-5-3-14-34(24)26(35)17-33-13-2-4-23(28(33)37)32-41(38,39)15-12-21-9-11-25(29)40-21/h6-12,15-16,23-24,32H,2-5,13-14,17H2,1H3,(H,31,36)/t23-,24-/m0/s1. The Labute approximate surface area is 247 Å². The zero-order chi connectivity index (χ0) is 29.1. The first kappa shape index (κ1) is 29.2. The van der Waals surface area contributed by atoms with Gasteiger partial charge in [-0.15, -0.1) is 11.3 Å². The average molecular weight is 616 g/mol. The minimum Gasteiger partial charge on any atom is -0.332 e. The SMILES string of the molecule is Cc1ccc2cc(NC(=O)[C@@H]3CCCN3C(=O)CN3CCC[C@H](NS(=O)(=O)C=Cc4ccc(Cl)s4)C3=O)ccc2n1. The van der Waals surface area contributed by atoms with Crippen LogP contribution >= 0.6 is 22.9 Å². The van der Waals surface area contributed by atoms with Crippen molar-refractivity contribution in [2.45, 2.75) is 44.7 Å². The summed E-state index contributed by atoms with van der Waals surface area (Å²) in [5, 5.41) is 4.82. The first-order valence-electron chi connectivity index (χ1n) is 13.3. The van der Waals surface area contributed by atoms with E-state index in [2.05, 4.69) is 15.0 Å². The predicted molar refractivity (Wildman–Crippen MR) is 160 cm³/mol. The van der Waals surface area contributed by atoms with E-state index in [-0.39, 0.29) is 18.4 Å². The van der Waals surface area contributed by atoms with Crippen LogP contribution in [-0.4, -0.2) is 72.6 Å². The van der Waals surface area contributed by atoms with Gasteiger partial charge in [0.15, 0.2) is 0 Å². The molecule has 5 rings (SSSR count). The molecule has 41 heavy (non-hydrogen) atoms. The highest BCUT2D eigenvalue weighted by atomic mass is 35.5. The Morgan fingerprint density at radius 2 is 1.93 bits per heavy atom. The number of aromatic nitrogens is 1. The van der Waals surface area contributed by atoms with E-state index < -0.39 is 28.0 Å². The molecular formula is C28H30ClN5O5S2. The summed E-state index contributed by atoms with van der Waals surface area (Å²) < 4.78 is 28.2. The maximum Gasteiger partial charge on any atom is 0.247 e. The summed E-state index contributed by atoms with van der Waals surface area (Å²) in [5.41, 5.74) is 2.35. The van der Waals surface area contributed by atoms with Crippen LogP contribution in [0.1, 0.15) is 36.3 Å². The fraction of sp³-hybridized carbons (Fsp3) is 0.357. The zero-order valence-electron chi connectivity index (χ0n) is 22.4. The normalized spacial score (nSPS) is 19.8. The molecule has 0 bridgehead atoms. The van der Waals surface area contributed by atoms with E-state index in [1.54, 1.807) is 18.2 Å². The number of hydrogen-bond donors (Lipinski definition) is 2. The number of benzene rings is 1. The lowest BCUT2D eigenvalue weighted by atomic mass is 10.1. The van der Waals surface area contributed by atoms with E-state index in [0.717, 1.165) is 22.0 Å². The number of anilines is 1. The van der Waals surface area contributed by atoms with Crippen molar-refractivity contribution in [2.75, 3.05) is 25.0 Å². The summed E-state index contributed by atoms with van der Waals surface area (Å²) in [6, 6.07) is 11.1. The number of hydrogen-bond acceptors (Lipinski definition) is 7. The molecular weight excluding hydrogens is 586 g/mol. The van der Waals surface area contributed by atoms with Gasteiger partial charge in [0.2, 0.25) is 27.7 Å². The van der Waals surface area contributed by atoms with Gasteiger partial charge in [0.25, 0.3) is 0 Å². The number of nitrogens with one attached hydrogen (secondary N) is 2. The van der Waals surface area contributed by atoms with E-state index >= 15 is 0 Å². The van der Waals surface area contributed by atoms with Crippen molar-refractivity contribution < 1.29 is 22.8 Å². The maximum atomic E-state index is 13.3. The van der Waals surface area contributed by atoms with Crippen LogP contribution in [0.3, 0.4) is 0 Å². The summed E-state index contributed by atoms with van der Waals surface area (Å²) in [6.07, 6.45) is 3.47. The number of sulfonamides is 1. The molecule has 0 unspecified atom stereocenters. The van der Waals surface area contributed by atoms with Crippen LogP contribution < -0.4 is 10.0 Å². The van der Waals surface area contributed by atoms with Gasteiger partial charge in [-0.1, -0.05) is 17.7 Å². The molecule has 0 aliphatic carbocycles. The van der Waals surface area contributed by atoms with Gasteiger partial charge in [0, 0.05) is 40.1 Å². The maximum absolute atomic E-state index is 13.3. The third-order valence-corrected chi connectivity index (χ3v) is 9.44. The van der Waals surface area contributed by atoms with Gasteiger partial charge in [-0.05, 0) is 75.1 Å². The van der Waals surface area contributed by atoms with Crippen molar-refractivity contribution in [1.82, 2.24) is 19.5 Å². The van der Waals surface area contributed by atoms with E-state index in [4.69, 9.17) is 11.6 Å². The van der Waals surface area contributed by atoms with Crippen LogP contribution in [0.4, 0.5) is 5.69 Å². The van der Waals surface area contributed by atoms with Gasteiger partial charge >= 0.3 is 0 Å². The van der Waals surface area contributed by atoms with Crippen LogP contribution in [0, 0.1) is 6.92 Å². The second-order valence-electron chi connectivity index (χ2n) is 10.2. The molecule has 2 aromatic heterocycles. The van der Waals surface area contributed by atoms with E-state index in [1.165, 1.54) is 27.2 Å². The lowest BCUT2D eigenvalue weighted by Gasteiger charge is -2.33. The fourth-order valence-electron chi connectivity index (χ4n) is 5.14. The molecule has 0 radical (unpaired) electrons. The van der Waals surface area contributed by atoms with Gasteiger partial charge in [0.1, 0.15) is 12.1 Å². The van der Waals surface area contributed by atoms with Crippen LogP contribution in [0.25, 0.3) is 17.0 Å². The monoisotopic (exact) mass is 615 g/mol. The first-order valence-corrected chi connectivity index (χ1v) is 16.0. The van der Waals surface area contributed by atoms with Crippen LogP contribution in [0.15, 0.2) is 47.9 Å². The Morgan fingerprint density at radius 1 is 1.12 bits per heavy atom. The summed E-state index contributed by atoms with van der Waals surface area (Å²) in [6.45, 7) is 2.44. The topological polar surface area (TPSA) is 129 Å². The molecule has 3 aromatic rings. The van der Waals surface area contributed by atoms with Gasteiger partial charge in [0.05, 0.1) is 16.4 Å². The molecule has 2 N–H and O–H groups in total. The number of nitrogens with zero attached hydrogens (tertiary/aromatic N) is 3. The fourth-order valence-corrected chi connectivity index (χ4v) is 7.21. The average Bonchev–Trinajstić information content (AvgIpc) is 3.59. The van der Waals surface area contributed by atoms with Crippen molar-refractivity contribution in [1.29, 1.82) is 0 Å². The van der Waals surface area contributed by atoms with Gasteiger partial charge < -0.3 is 15.1 Å². The largest absolute Gasteiger partial charge is 0.332 e. The number of pyridine rings is 1. The van der Waals surface area contributed by atoms with Crippen LogP contribution in [-0.2, 0) is 24.4 Å². The van der Waals surface area contributed by atoms with Gasteiger partial charge in [-0.2, -0.15) is 4.72 Å². The number of piperidine rings is 1. The first-order chi connectivity index (χ1) is 19.6. The quantitative estimate of drug-likeness (QED) is 0.397. The lowest BCUT2D eigenvalue weighted by Crippen LogP contribution is -2.55. The Bertz CT molecular complexity index is 1620. The third-order valence-electron chi connectivity index (χ3n) is 7.14. The number of fused-ring (bicyclic) bond motifs is 1. The summed E-state index contributed by atoms with van der Waals surface area (Å²) >= 11 is 7.13. The minimum atomic E-state index is -3.90. The molecule has 0 saturated carbocycles. The second kappa shape index (κ2) is 12.3. The molecule has 2 aliphatic heterocycles. The smallest absolute Gasteiger partial charge is 0.247 e. The Morgan fingerprint density at radius 3 is 2.71 bits per heavy atom. The number of aryl methyl sites for hydroxylation is 1.